The molecule has 0 aromatic rings. The predicted molar refractivity (Wildman–Crippen MR) is 272 cm³/mol. The van der Waals surface area contributed by atoms with E-state index in [2.05, 4.69) is 5.32 Å². The summed E-state index contributed by atoms with van der Waals surface area (Å²) in [6.07, 6.45) is -4.69. The minimum atomic E-state index is -2.07. The fourth-order valence-corrected chi connectivity index (χ4v) is 4.97. The van der Waals surface area contributed by atoms with Gasteiger partial charge in [-0.15, -0.1) is 0 Å². The lowest BCUT2D eigenvalue weighted by atomic mass is 9.95. The number of hydrogen-bond acceptors (Lipinski definition) is 26. The minimum absolute atomic E-state index is 0.0208. The van der Waals surface area contributed by atoms with Crippen molar-refractivity contribution in [2.24, 2.45) is 75.3 Å². The number of ketones is 2. The third kappa shape index (κ3) is 34.0. The van der Waals surface area contributed by atoms with Gasteiger partial charge in [0.05, 0.1) is 0 Å². The molecule has 1 saturated heterocycles. The Morgan fingerprint density at radius 2 is 0.855 bits per heavy atom. The Morgan fingerprint density at radius 3 is 1.14 bits per heavy atom. The normalized spacial score (nSPS) is 17.5. The average molecular weight is 1100 g/mol. The first kappa shape index (κ1) is 76.7. The zero-order valence-corrected chi connectivity index (χ0v) is 45.6. The van der Waals surface area contributed by atoms with Crippen molar-refractivity contribution in [2.75, 3.05) is 19.8 Å². The van der Waals surface area contributed by atoms with Crippen molar-refractivity contribution in [3.05, 3.63) is 0 Å². The quantitative estimate of drug-likeness (QED) is 0.0223. The average Bonchev–Trinajstić information content (AvgIpc) is 3.87. The molecule has 442 valence electrons. The fourth-order valence-electron chi connectivity index (χ4n) is 4.97. The molecule has 0 aromatic carbocycles. The van der Waals surface area contributed by atoms with E-state index >= 15 is 0 Å². The van der Waals surface area contributed by atoms with Gasteiger partial charge in [0.2, 0.25) is 5.78 Å². The van der Waals surface area contributed by atoms with E-state index in [1.165, 1.54) is 20.8 Å². The van der Waals surface area contributed by atoms with Gasteiger partial charge < -0.3 is 101 Å². The van der Waals surface area contributed by atoms with Crippen molar-refractivity contribution in [1.29, 1.82) is 0 Å². The lowest BCUT2D eigenvalue weighted by Crippen LogP contribution is -2.60. The van der Waals surface area contributed by atoms with Gasteiger partial charge in [0.15, 0.2) is 24.1 Å². The number of ether oxygens (including phenoxy) is 5. The standard InChI is InChI=1S/C28H48N6O12.3C5H11NO2.C3H7NO2/c1-12(2)9-16(31)26(39)45-22(19(11-43-25(38)14(4)30)44-28(41)18-7-6-8-34-18)23(20(33)21(36)15(5)35)46-27(40)17(32)10-42-24(37)13(3)29;3*1-3(2)4(6)5(7)8;1-2(4)3(5)6/h12-14,16-20,22-23,34H,6-11,29-33H2,1-5H3;3*3-4H,6H2,1-2H3,(H,7,8);2H,4H2,1H3,(H,5,6)/t13-,14-,16-,17-,18-,19+,20-,22+,23+;3*4-;2-/m00000/s1. The van der Waals surface area contributed by atoms with Crippen molar-refractivity contribution >= 4 is 65.3 Å². The fraction of sp³-hybridized carbons (Fsp3) is 0.761. The number of Topliss-reactive ketones (excluding diaryl/α,β-unsaturated/α-hetero) is 2. The maximum Gasteiger partial charge on any atom is 0.326 e. The summed E-state index contributed by atoms with van der Waals surface area (Å²) in [5, 5.41) is 35.5. The van der Waals surface area contributed by atoms with Crippen molar-refractivity contribution in [1.82, 2.24) is 5.32 Å². The zero-order chi connectivity index (χ0) is 60.7. The molecule has 0 saturated carbocycles. The maximum atomic E-state index is 13.2. The SMILES string of the molecule is CC(=O)C(=O)[C@H](N)[C@@H](OC(=O)[C@@H](N)COC(=O)[C@H](C)N)[C@H](OC(=O)[C@@H](N)CC(C)C)[C@@H](COC(=O)[C@H](C)N)OC(=O)[C@@H]1CCCN1.CC(C)[C@H](N)C(=O)O.CC(C)[C@H](N)C(=O)O.CC(C)[C@H](N)C(=O)O.C[C@H](N)C(=O)O. The highest BCUT2D eigenvalue weighted by Gasteiger charge is 2.47. The van der Waals surface area contributed by atoms with E-state index < -0.39 is 157 Å². The van der Waals surface area contributed by atoms with Crippen LogP contribution >= 0.6 is 0 Å². The van der Waals surface area contributed by atoms with Crippen LogP contribution in [0, 0.1) is 23.7 Å². The minimum Gasteiger partial charge on any atom is -0.480 e. The summed E-state index contributed by atoms with van der Waals surface area (Å²) in [5.41, 5.74) is 49.3. The molecule has 30 heteroatoms. The summed E-state index contributed by atoms with van der Waals surface area (Å²) in [7, 11) is 0. The first-order valence-electron chi connectivity index (χ1n) is 24.1. The van der Waals surface area contributed by atoms with E-state index in [4.69, 9.17) is 95.7 Å². The van der Waals surface area contributed by atoms with Crippen LogP contribution in [-0.2, 0) is 76.4 Å². The summed E-state index contributed by atoms with van der Waals surface area (Å²) in [5.74, 6) is -11.2. The molecule has 1 fully saturated rings. The molecule has 0 radical (unpaired) electrons. The molecule has 13 atom stereocenters. The molecule has 0 spiro atoms. The van der Waals surface area contributed by atoms with Gasteiger partial charge in [-0.2, -0.15) is 0 Å². The lowest BCUT2D eigenvalue weighted by molar-refractivity contribution is -0.196. The van der Waals surface area contributed by atoms with Gasteiger partial charge in [-0.1, -0.05) is 55.4 Å². The predicted octanol–water partition coefficient (Wildman–Crippen LogP) is -3.98. The smallest absolute Gasteiger partial charge is 0.326 e. The number of carbonyl (C=O) groups excluding carboxylic acids is 7. The van der Waals surface area contributed by atoms with Crippen LogP contribution in [0.15, 0.2) is 0 Å². The van der Waals surface area contributed by atoms with Crippen LogP contribution in [0.5, 0.6) is 0 Å². The second-order valence-corrected chi connectivity index (χ2v) is 19.0. The molecule has 30 nitrogen and oxygen atoms in total. The number of rotatable bonds is 26. The summed E-state index contributed by atoms with van der Waals surface area (Å²) >= 11 is 0. The number of carbonyl (C=O) groups is 11. The molecular formula is C46H88N10O20. The number of carboxylic acid groups (broad SMARTS) is 4. The molecular weight excluding hydrogens is 1010 g/mol. The molecule has 1 aliphatic rings. The second-order valence-electron chi connectivity index (χ2n) is 19.0. The van der Waals surface area contributed by atoms with Crippen molar-refractivity contribution in [3.8, 4) is 0 Å². The third-order valence-electron chi connectivity index (χ3n) is 10.1. The highest BCUT2D eigenvalue weighted by molar-refractivity contribution is 6.38. The summed E-state index contributed by atoms with van der Waals surface area (Å²) < 4.78 is 26.7. The number of aliphatic carboxylic acids is 4. The van der Waals surface area contributed by atoms with E-state index in [9.17, 15) is 52.7 Å². The first-order valence-corrected chi connectivity index (χ1v) is 24.1. The van der Waals surface area contributed by atoms with Crippen LogP contribution in [0.25, 0.3) is 0 Å². The molecule has 0 aromatic heterocycles. The highest BCUT2D eigenvalue weighted by atomic mass is 16.6. The lowest BCUT2D eigenvalue weighted by Gasteiger charge is -2.35. The first-order chi connectivity index (χ1) is 34.7. The van der Waals surface area contributed by atoms with Crippen LogP contribution in [0.2, 0.25) is 0 Å². The zero-order valence-electron chi connectivity index (χ0n) is 45.6. The summed E-state index contributed by atoms with van der Waals surface area (Å²) in [4.78, 5) is 128. The van der Waals surface area contributed by atoms with Gasteiger partial charge in [-0.25, -0.2) is 0 Å². The summed E-state index contributed by atoms with van der Waals surface area (Å²) in [6.45, 7) is 18.1. The second kappa shape index (κ2) is 39.5. The van der Waals surface area contributed by atoms with Crippen LogP contribution in [0.1, 0.15) is 102 Å². The molecule has 1 aliphatic heterocycles. The van der Waals surface area contributed by atoms with E-state index in [-0.39, 0.29) is 30.1 Å². The van der Waals surface area contributed by atoms with Gasteiger partial charge in [-0.05, 0) is 70.3 Å². The monoisotopic (exact) mass is 1100 g/mol. The highest BCUT2D eigenvalue weighted by Crippen LogP contribution is 2.21. The van der Waals surface area contributed by atoms with E-state index in [0.29, 0.717) is 19.4 Å². The Morgan fingerprint density at radius 1 is 0.487 bits per heavy atom. The van der Waals surface area contributed by atoms with E-state index in [0.717, 1.165) is 6.92 Å². The van der Waals surface area contributed by atoms with Crippen LogP contribution in [0.4, 0.5) is 0 Å². The van der Waals surface area contributed by atoms with Crippen LogP contribution in [-0.4, -0.2) is 184 Å². The van der Waals surface area contributed by atoms with Gasteiger partial charge >= 0.3 is 53.7 Å². The molecule has 1 rings (SSSR count). The van der Waals surface area contributed by atoms with Gasteiger partial charge in [0.25, 0.3) is 0 Å². The van der Waals surface area contributed by atoms with Crippen molar-refractivity contribution < 1.29 is 96.9 Å². The number of carboxylic acids is 4. The van der Waals surface area contributed by atoms with Crippen molar-refractivity contribution in [2.45, 2.75) is 181 Å². The Labute approximate surface area is 442 Å². The Balaban J connectivity index is -0.000000689. The van der Waals surface area contributed by atoms with Crippen LogP contribution < -0.4 is 56.9 Å². The Bertz CT molecular complexity index is 1790. The summed E-state index contributed by atoms with van der Waals surface area (Å²) in [6, 6.07) is -10.8. The molecule has 1 heterocycles. The van der Waals surface area contributed by atoms with E-state index in [1.807, 2.05) is 0 Å². The molecule has 23 N–H and O–H groups in total. The maximum absolute atomic E-state index is 13.2. The Hall–Kier alpha value is -5.83. The molecule has 0 unspecified atom stereocenters. The van der Waals surface area contributed by atoms with Crippen molar-refractivity contribution in [3.63, 3.8) is 0 Å². The molecule has 76 heavy (non-hydrogen) atoms. The van der Waals surface area contributed by atoms with Crippen LogP contribution in [0.3, 0.4) is 0 Å². The number of esters is 5. The molecule has 0 bridgehead atoms. The number of hydrogen-bond donors (Lipinski definition) is 14. The Kier molecular flexibility index (Phi) is 39.9. The topological polar surface area (TPSA) is 561 Å². The van der Waals surface area contributed by atoms with Gasteiger partial charge in [0.1, 0.15) is 73.6 Å². The molecule has 0 aliphatic carbocycles. The van der Waals surface area contributed by atoms with E-state index in [1.54, 1.807) is 55.4 Å². The third-order valence-corrected chi connectivity index (χ3v) is 10.1. The number of nitrogens with two attached hydrogens (primary N) is 9. The number of nitrogens with one attached hydrogen (secondary N) is 1. The molecule has 0 amide bonds. The van der Waals surface area contributed by atoms with Gasteiger partial charge in [0, 0.05) is 6.92 Å². The van der Waals surface area contributed by atoms with Gasteiger partial charge in [-0.3, -0.25) is 52.7 Å². The largest absolute Gasteiger partial charge is 0.480 e.